The van der Waals surface area contributed by atoms with Crippen molar-refractivity contribution in [2.75, 3.05) is 14.2 Å². The van der Waals surface area contributed by atoms with Gasteiger partial charge in [0.1, 0.15) is 0 Å². The molecule has 2 aromatic heterocycles. The summed E-state index contributed by atoms with van der Waals surface area (Å²) < 4.78 is 10.4. The van der Waals surface area contributed by atoms with E-state index in [1.165, 1.54) is 36.9 Å². The molecule has 0 saturated heterocycles. The molecular formula is C15H12O4S2. The lowest BCUT2D eigenvalue weighted by molar-refractivity contribution is -0.197. The van der Waals surface area contributed by atoms with Crippen LogP contribution in [-0.4, -0.2) is 31.6 Å². The molecule has 6 heteroatoms. The summed E-state index contributed by atoms with van der Waals surface area (Å²) in [7, 11) is 2.62. The molecule has 2 heterocycles. The van der Waals surface area contributed by atoms with Gasteiger partial charge >= 0.3 is 0 Å². The van der Waals surface area contributed by atoms with Gasteiger partial charge in [0.15, 0.2) is 0 Å². The Morgan fingerprint density at radius 2 is 1.29 bits per heavy atom. The monoisotopic (exact) mass is 320 g/mol. The van der Waals surface area contributed by atoms with Crippen molar-refractivity contribution >= 4 is 45.4 Å². The average molecular weight is 320 g/mol. The van der Waals surface area contributed by atoms with Crippen molar-refractivity contribution in [3.05, 3.63) is 44.8 Å². The lowest BCUT2D eigenvalue weighted by atomic mass is 10.1. The van der Waals surface area contributed by atoms with Crippen LogP contribution in [0.1, 0.15) is 9.75 Å². The third-order valence-corrected chi connectivity index (χ3v) is 5.19. The second kappa shape index (κ2) is 5.31. The molecule has 1 aliphatic carbocycles. The molecule has 1 aliphatic rings. The molecule has 21 heavy (non-hydrogen) atoms. The number of hydrogen-bond donors (Lipinski definition) is 0. The highest BCUT2D eigenvalue weighted by atomic mass is 32.1. The Balaban J connectivity index is 2.27. The fourth-order valence-electron chi connectivity index (χ4n) is 2.43. The van der Waals surface area contributed by atoms with E-state index in [-0.39, 0.29) is 0 Å². The zero-order valence-electron chi connectivity index (χ0n) is 11.4. The quantitative estimate of drug-likeness (QED) is 0.642. The lowest BCUT2D eigenvalue weighted by Crippen LogP contribution is -2.46. The van der Waals surface area contributed by atoms with E-state index < -0.39 is 17.4 Å². The third-order valence-electron chi connectivity index (χ3n) is 3.41. The van der Waals surface area contributed by atoms with E-state index in [1.807, 2.05) is 35.0 Å². The Morgan fingerprint density at radius 1 is 0.857 bits per heavy atom. The molecule has 108 valence electrons. The van der Waals surface area contributed by atoms with Crippen molar-refractivity contribution in [3.8, 4) is 0 Å². The van der Waals surface area contributed by atoms with Gasteiger partial charge in [-0.05, 0) is 22.9 Å². The van der Waals surface area contributed by atoms with Crippen LogP contribution in [0.25, 0.3) is 11.1 Å². The van der Waals surface area contributed by atoms with Gasteiger partial charge in [-0.2, -0.15) is 0 Å². The van der Waals surface area contributed by atoms with Crippen LogP contribution in [0, 0.1) is 0 Å². The molecular weight excluding hydrogens is 308 g/mol. The highest BCUT2D eigenvalue weighted by Crippen LogP contribution is 2.44. The molecule has 0 unspecified atom stereocenters. The van der Waals surface area contributed by atoms with Crippen LogP contribution in [0.15, 0.2) is 35.0 Å². The van der Waals surface area contributed by atoms with Crippen LogP contribution in [0.2, 0.25) is 0 Å². The number of carbonyl (C=O) groups is 2. The number of hydrogen-bond acceptors (Lipinski definition) is 6. The molecule has 0 aromatic carbocycles. The van der Waals surface area contributed by atoms with E-state index in [0.29, 0.717) is 11.1 Å². The molecule has 0 aliphatic heterocycles. The Hall–Kier alpha value is -1.60. The Bertz CT molecular complexity index is 649. The van der Waals surface area contributed by atoms with Crippen molar-refractivity contribution in [1.82, 2.24) is 0 Å². The summed E-state index contributed by atoms with van der Waals surface area (Å²) in [4.78, 5) is 27.1. The summed E-state index contributed by atoms with van der Waals surface area (Å²) in [6.07, 6.45) is 0. The number of rotatable bonds is 4. The van der Waals surface area contributed by atoms with E-state index in [2.05, 4.69) is 0 Å². The van der Waals surface area contributed by atoms with E-state index in [1.54, 1.807) is 0 Å². The van der Waals surface area contributed by atoms with Crippen LogP contribution in [0.3, 0.4) is 0 Å². The molecule has 2 aromatic rings. The number of carbonyl (C=O) groups excluding carboxylic acids is 2. The van der Waals surface area contributed by atoms with E-state index >= 15 is 0 Å². The minimum atomic E-state index is -1.86. The van der Waals surface area contributed by atoms with Crippen LogP contribution in [0.5, 0.6) is 0 Å². The number of ether oxygens (including phenoxy) is 2. The second-order valence-electron chi connectivity index (χ2n) is 4.39. The van der Waals surface area contributed by atoms with Crippen molar-refractivity contribution in [2.24, 2.45) is 0 Å². The highest BCUT2D eigenvalue weighted by Gasteiger charge is 2.57. The zero-order valence-corrected chi connectivity index (χ0v) is 13.0. The van der Waals surface area contributed by atoms with Crippen molar-refractivity contribution in [1.29, 1.82) is 0 Å². The fraction of sp³-hybridized carbons (Fsp3) is 0.200. The molecule has 3 rings (SSSR count). The summed E-state index contributed by atoms with van der Waals surface area (Å²) in [5, 5.41) is 3.73. The van der Waals surface area contributed by atoms with Gasteiger partial charge < -0.3 is 9.47 Å². The standard InChI is InChI=1S/C15H12O4S2/c1-18-15(19-2)13(16)11(9-5-3-7-20-9)12(14(15)17)10-6-4-8-21-10/h3-8H,1-2H3. The molecule has 0 fully saturated rings. The first-order chi connectivity index (χ1) is 10.2. The van der Waals surface area contributed by atoms with Gasteiger partial charge in [-0.25, -0.2) is 0 Å². The summed E-state index contributed by atoms with van der Waals surface area (Å²) >= 11 is 2.82. The molecule has 0 N–H and O–H groups in total. The normalized spacial score (nSPS) is 17.8. The first kappa shape index (κ1) is 14.3. The molecule has 0 radical (unpaired) electrons. The summed E-state index contributed by atoms with van der Waals surface area (Å²) in [6, 6.07) is 7.33. The smallest absolute Gasteiger partial charge is 0.299 e. The topological polar surface area (TPSA) is 52.6 Å². The molecule has 0 bridgehead atoms. The number of thiophene rings is 2. The first-order valence-electron chi connectivity index (χ1n) is 6.17. The Morgan fingerprint density at radius 3 is 1.57 bits per heavy atom. The van der Waals surface area contributed by atoms with Gasteiger partial charge in [0, 0.05) is 24.0 Å². The van der Waals surface area contributed by atoms with Gasteiger partial charge in [0.2, 0.25) is 11.6 Å². The largest absolute Gasteiger partial charge is 0.341 e. The van der Waals surface area contributed by atoms with Gasteiger partial charge in [0.25, 0.3) is 5.79 Å². The SMILES string of the molecule is COC1(OC)C(=O)C(c2cccs2)=C(c2cccs2)C1=O. The van der Waals surface area contributed by atoms with E-state index in [9.17, 15) is 9.59 Å². The molecule has 0 spiro atoms. The molecule has 0 saturated carbocycles. The van der Waals surface area contributed by atoms with Crippen molar-refractivity contribution in [2.45, 2.75) is 5.79 Å². The number of Topliss-reactive ketones (excluding diaryl/α,β-unsaturated/α-hetero) is 2. The summed E-state index contributed by atoms with van der Waals surface area (Å²) in [5.41, 5.74) is 0.752. The summed E-state index contributed by atoms with van der Waals surface area (Å²) in [5.74, 6) is -2.75. The van der Waals surface area contributed by atoms with Crippen molar-refractivity contribution < 1.29 is 19.1 Å². The zero-order chi connectivity index (χ0) is 15.0. The second-order valence-corrected chi connectivity index (χ2v) is 6.28. The Kier molecular flexibility index (Phi) is 3.62. The van der Waals surface area contributed by atoms with E-state index in [0.717, 1.165) is 9.75 Å². The minimum Gasteiger partial charge on any atom is -0.341 e. The predicted octanol–water partition coefficient (Wildman–Crippen LogP) is 2.86. The fourth-order valence-corrected chi connectivity index (χ4v) is 3.97. The van der Waals surface area contributed by atoms with Crippen molar-refractivity contribution in [3.63, 3.8) is 0 Å². The van der Waals surface area contributed by atoms with Crippen LogP contribution >= 0.6 is 22.7 Å². The maximum Gasteiger partial charge on any atom is 0.299 e. The lowest BCUT2D eigenvalue weighted by Gasteiger charge is -2.22. The maximum atomic E-state index is 12.8. The van der Waals surface area contributed by atoms with Gasteiger partial charge in [-0.15, -0.1) is 22.7 Å². The van der Waals surface area contributed by atoms with Gasteiger partial charge in [0.05, 0.1) is 11.1 Å². The predicted molar refractivity (Wildman–Crippen MR) is 82.2 cm³/mol. The average Bonchev–Trinajstić information content (AvgIpc) is 3.20. The summed E-state index contributed by atoms with van der Waals surface area (Å²) in [6.45, 7) is 0. The molecule has 0 amide bonds. The van der Waals surface area contributed by atoms with Crippen LogP contribution in [0.4, 0.5) is 0 Å². The molecule has 0 atom stereocenters. The van der Waals surface area contributed by atoms with E-state index in [4.69, 9.17) is 9.47 Å². The highest BCUT2D eigenvalue weighted by molar-refractivity contribution is 7.13. The van der Waals surface area contributed by atoms with Gasteiger partial charge in [-0.3, -0.25) is 9.59 Å². The van der Waals surface area contributed by atoms with Gasteiger partial charge in [-0.1, -0.05) is 12.1 Å². The van der Waals surface area contributed by atoms with Crippen LogP contribution in [-0.2, 0) is 19.1 Å². The maximum absolute atomic E-state index is 12.8. The Labute approximate surface area is 129 Å². The molecule has 4 nitrogen and oxygen atoms in total. The minimum absolute atomic E-state index is 0.376. The third kappa shape index (κ3) is 1.95. The number of methoxy groups -OCH3 is 2. The number of ketones is 2. The first-order valence-corrected chi connectivity index (χ1v) is 7.93. The van der Waals surface area contributed by atoms with Crippen LogP contribution < -0.4 is 0 Å².